The molecule has 0 spiro atoms. The van der Waals surface area contributed by atoms with E-state index in [0.717, 1.165) is 5.56 Å². The third kappa shape index (κ3) is 2.90. The van der Waals surface area contributed by atoms with Crippen molar-refractivity contribution in [1.29, 1.82) is 0 Å². The van der Waals surface area contributed by atoms with Gasteiger partial charge in [0.1, 0.15) is 0 Å². The Morgan fingerprint density at radius 2 is 1.86 bits per heavy atom. The van der Waals surface area contributed by atoms with Gasteiger partial charge < -0.3 is 10.6 Å². The van der Waals surface area contributed by atoms with Gasteiger partial charge in [0.2, 0.25) is 11.8 Å². The minimum atomic E-state index is -0.481. The first-order valence-electron chi connectivity index (χ1n) is 6.59. The maximum Gasteiger partial charge on any atom is 0.232 e. The normalized spacial score (nSPS) is 16.8. The summed E-state index contributed by atoms with van der Waals surface area (Å²) in [5.41, 5.74) is 2.20. The molecule has 0 radical (unpaired) electrons. The van der Waals surface area contributed by atoms with Crippen LogP contribution in [0.1, 0.15) is 17.9 Å². The van der Waals surface area contributed by atoms with Crippen LogP contribution in [0.5, 0.6) is 0 Å². The van der Waals surface area contributed by atoms with Gasteiger partial charge in [-0.05, 0) is 35.9 Å². The van der Waals surface area contributed by atoms with Crippen LogP contribution in [0.15, 0.2) is 48.5 Å². The molecule has 2 aromatic rings. The van der Waals surface area contributed by atoms with E-state index in [4.69, 9.17) is 11.6 Å². The molecule has 1 heterocycles. The van der Waals surface area contributed by atoms with E-state index in [1.165, 1.54) is 0 Å². The summed E-state index contributed by atoms with van der Waals surface area (Å²) in [5, 5.41) is 6.21. The van der Waals surface area contributed by atoms with E-state index >= 15 is 0 Å². The zero-order chi connectivity index (χ0) is 14.8. The molecule has 0 fully saturated rings. The summed E-state index contributed by atoms with van der Waals surface area (Å²) in [6.45, 7) is 0. The summed E-state index contributed by atoms with van der Waals surface area (Å²) < 4.78 is 0. The first-order chi connectivity index (χ1) is 10.1. The molecule has 5 heteroatoms. The van der Waals surface area contributed by atoms with E-state index in [2.05, 4.69) is 10.6 Å². The highest BCUT2D eigenvalue weighted by Gasteiger charge is 2.30. The summed E-state index contributed by atoms with van der Waals surface area (Å²) in [6, 6.07) is 14.2. The molecular formula is C16H13ClN2O2. The molecule has 2 N–H and O–H groups in total. The van der Waals surface area contributed by atoms with Crippen LogP contribution in [-0.2, 0) is 9.59 Å². The van der Waals surface area contributed by atoms with Crippen molar-refractivity contribution in [3.05, 3.63) is 59.1 Å². The molecule has 0 aromatic heterocycles. The molecule has 0 unspecified atom stereocenters. The van der Waals surface area contributed by atoms with Crippen molar-refractivity contribution in [3.63, 3.8) is 0 Å². The fraction of sp³-hybridized carbons (Fsp3) is 0.125. The monoisotopic (exact) mass is 300 g/mol. The molecule has 0 saturated carbocycles. The second kappa shape index (κ2) is 5.58. The van der Waals surface area contributed by atoms with E-state index in [-0.39, 0.29) is 18.2 Å². The maximum absolute atomic E-state index is 12.4. The minimum absolute atomic E-state index is 0.148. The average molecular weight is 301 g/mol. The van der Waals surface area contributed by atoms with Crippen molar-refractivity contribution < 1.29 is 9.59 Å². The number of fused-ring (bicyclic) bond motifs is 1. The molecule has 4 nitrogen and oxygen atoms in total. The Balaban J connectivity index is 1.84. The Morgan fingerprint density at radius 3 is 2.62 bits per heavy atom. The van der Waals surface area contributed by atoms with Gasteiger partial charge in [-0.15, -0.1) is 0 Å². The lowest BCUT2D eigenvalue weighted by molar-refractivity contribution is -0.123. The van der Waals surface area contributed by atoms with E-state index in [1.807, 2.05) is 18.2 Å². The molecule has 1 aliphatic rings. The Bertz CT molecular complexity index is 698. The molecule has 2 amide bonds. The number of carbonyl (C=O) groups excluding carboxylic acids is 2. The number of benzene rings is 2. The molecule has 3 rings (SSSR count). The predicted molar refractivity (Wildman–Crippen MR) is 82.5 cm³/mol. The molecule has 0 aliphatic carbocycles. The van der Waals surface area contributed by atoms with E-state index in [9.17, 15) is 9.59 Å². The third-order valence-corrected chi connectivity index (χ3v) is 3.68. The van der Waals surface area contributed by atoms with Crippen LogP contribution in [-0.4, -0.2) is 11.8 Å². The largest absolute Gasteiger partial charge is 0.326 e. The quantitative estimate of drug-likeness (QED) is 0.893. The number of carbonyl (C=O) groups is 2. The van der Waals surface area contributed by atoms with Gasteiger partial charge in [0.15, 0.2) is 0 Å². The van der Waals surface area contributed by atoms with Crippen molar-refractivity contribution in [2.24, 2.45) is 0 Å². The lowest BCUT2D eigenvalue weighted by Crippen LogP contribution is -2.30. The predicted octanol–water partition coefficient (Wildman–Crippen LogP) is 3.40. The number of amides is 2. The van der Waals surface area contributed by atoms with Crippen molar-refractivity contribution in [2.45, 2.75) is 12.3 Å². The highest BCUT2D eigenvalue weighted by Crippen LogP contribution is 2.32. The molecule has 0 bridgehead atoms. The summed E-state index contributed by atoms with van der Waals surface area (Å²) in [7, 11) is 0. The smallest absolute Gasteiger partial charge is 0.232 e. The first kappa shape index (κ1) is 13.6. The summed E-state index contributed by atoms with van der Waals surface area (Å²) >= 11 is 5.82. The van der Waals surface area contributed by atoms with Gasteiger partial charge in [0.25, 0.3) is 0 Å². The highest BCUT2D eigenvalue weighted by molar-refractivity contribution is 6.30. The second-order valence-corrected chi connectivity index (χ2v) is 5.32. The molecule has 106 valence electrons. The Labute approximate surface area is 127 Å². The Hall–Kier alpha value is -2.33. The van der Waals surface area contributed by atoms with Crippen LogP contribution in [0.4, 0.5) is 11.4 Å². The molecule has 1 atom stereocenters. The molecule has 0 saturated heterocycles. The Morgan fingerprint density at radius 1 is 1.14 bits per heavy atom. The van der Waals surface area contributed by atoms with Crippen LogP contribution in [0.3, 0.4) is 0 Å². The number of rotatable bonds is 2. The number of anilines is 2. The van der Waals surface area contributed by atoms with Crippen LogP contribution in [0, 0.1) is 0 Å². The average Bonchev–Trinajstić information content (AvgIpc) is 2.48. The van der Waals surface area contributed by atoms with Gasteiger partial charge >= 0.3 is 0 Å². The van der Waals surface area contributed by atoms with Crippen molar-refractivity contribution in [2.75, 3.05) is 10.6 Å². The Kier molecular flexibility index (Phi) is 3.62. The van der Waals surface area contributed by atoms with E-state index < -0.39 is 5.92 Å². The summed E-state index contributed by atoms with van der Waals surface area (Å²) in [4.78, 5) is 24.2. The van der Waals surface area contributed by atoms with Crippen LogP contribution in [0.2, 0.25) is 5.02 Å². The van der Waals surface area contributed by atoms with Crippen LogP contribution in [0.25, 0.3) is 0 Å². The molecule has 2 aromatic carbocycles. The van der Waals surface area contributed by atoms with Crippen molar-refractivity contribution in [3.8, 4) is 0 Å². The molecular weight excluding hydrogens is 288 g/mol. The number of hydrogen-bond acceptors (Lipinski definition) is 2. The van der Waals surface area contributed by atoms with Crippen LogP contribution >= 0.6 is 11.6 Å². The van der Waals surface area contributed by atoms with Gasteiger partial charge in [-0.25, -0.2) is 0 Å². The zero-order valence-corrected chi connectivity index (χ0v) is 11.9. The minimum Gasteiger partial charge on any atom is -0.326 e. The third-order valence-electron chi connectivity index (χ3n) is 3.43. The number of hydrogen-bond donors (Lipinski definition) is 2. The van der Waals surface area contributed by atoms with Crippen LogP contribution < -0.4 is 10.6 Å². The first-order valence-corrected chi connectivity index (χ1v) is 6.96. The topological polar surface area (TPSA) is 58.2 Å². The lowest BCUT2D eigenvalue weighted by Gasteiger charge is -2.24. The highest BCUT2D eigenvalue weighted by atomic mass is 35.5. The zero-order valence-electron chi connectivity index (χ0n) is 11.1. The molecule has 21 heavy (non-hydrogen) atoms. The van der Waals surface area contributed by atoms with Crippen molar-refractivity contribution >= 4 is 34.8 Å². The van der Waals surface area contributed by atoms with Gasteiger partial charge in [-0.2, -0.15) is 0 Å². The second-order valence-electron chi connectivity index (χ2n) is 4.89. The number of halogens is 1. The van der Waals surface area contributed by atoms with Gasteiger partial charge in [0, 0.05) is 22.8 Å². The fourth-order valence-electron chi connectivity index (χ4n) is 2.41. The number of nitrogens with one attached hydrogen (secondary N) is 2. The summed E-state index contributed by atoms with van der Waals surface area (Å²) in [5.74, 6) is -0.824. The number of para-hydroxylation sites is 1. The fourth-order valence-corrected chi connectivity index (χ4v) is 2.53. The lowest BCUT2D eigenvalue weighted by atomic mass is 9.90. The van der Waals surface area contributed by atoms with Crippen molar-refractivity contribution in [1.82, 2.24) is 0 Å². The van der Waals surface area contributed by atoms with E-state index in [0.29, 0.717) is 16.4 Å². The van der Waals surface area contributed by atoms with E-state index in [1.54, 1.807) is 30.3 Å². The van der Waals surface area contributed by atoms with Gasteiger partial charge in [-0.1, -0.05) is 29.8 Å². The van der Waals surface area contributed by atoms with Gasteiger partial charge in [-0.3, -0.25) is 9.59 Å². The standard InChI is InChI=1S/C16H13ClN2O2/c17-10-5-7-11(8-6-10)18-16(21)13-9-15(20)19-14-4-2-1-3-12(13)14/h1-8,13H,9H2,(H,18,21)(H,19,20)/t13-/m1/s1. The molecule has 1 aliphatic heterocycles. The van der Waals surface area contributed by atoms with Gasteiger partial charge in [0.05, 0.1) is 5.92 Å². The SMILES string of the molecule is O=C1C[C@@H](C(=O)Nc2ccc(Cl)cc2)c2ccccc2N1. The summed E-state index contributed by atoms with van der Waals surface area (Å²) in [6.07, 6.45) is 0.149. The maximum atomic E-state index is 12.4.